The summed E-state index contributed by atoms with van der Waals surface area (Å²) in [5, 5.41) is 9.59. The van der Waals surface area contributed by atoms with E-state index in [9.17, 15) is 4.79 Å². The molecule has 0 aliphatic carbocycles. The summed E-state index contributed by atoms with van der Waals surface area (Å²) in [7, 11) is 1.92. The molecule has 1 amide bonds. The van der Waals surface area contributed by atoms with Crippen LogP contribution in [-0.4, -0.2) is 47.2 Å². The predicted octanol–water partition coefficient (Wildman–Crippen LogP) is 0.234. The molecule has 5 nitrogen and oxygen atoms in total. The van der Waals surface area contributed by atoms with Crippen molar-refractivity contribution in [3.63, 3.8) is 0 Å². The Labute approximate surface area is 88.8 Å². The third kappa shape index (κ3) is 2.02. The Kier molecular flexibility index (Phi) is 3.01. The van der Waals surface area contributed by atoms with Gasteiger partial charge in [0.15, 0.2) is 0 Å². The molecule has 82 valence electrons. The minimum absolute atomic E-state index is 0.0847. The Morgan fingerprint density at radius 3 is 3.33 bits per heavy atom. The van der Waals surface area contributed by atoms with E-state index < -0.39 is 0 Å². The van der Waals surface area contributed by atoms with Gasteiger partial charge in [-0.15, -0.1) is 0 Å². The first-order valence-corrected chi connectivity index (χ1v) is 5.27. The lowest BCUT2D eigenvalue weighted by molar-refractivity contribution is 0.0737. The largest absolute Gasteiger partial charge is 0.334 e. The van der Waals surface area contributed by atoms with Crippen LogP contribution in [0.5, 0.6) is 0 Å². The number of aromatic nitrogens is 2. The van der Waals surface area contributed by atoms with E-state index in [1.54, 1.807) is 12.4 Å². The van der Waals surface area contributed by atoms with Gasteiger partial charge in [-0.1, -0.05) is 0 Å². The van der Waals surface area contributed by atoms with E-state index >= 15 is 0 Å². The van der Waals surface area contributed by atoms with Gasteiger partial charge in [0.05, 0.1) is 11.8 Å². The molecule has 15 heavy (non-hydrogen) atoms. The first-order valence-electron chi connectivity index (χ1n) is 5.27. The van der Waals surface area contributed by atoms with Crippen LogP contribution in [0.15, 0.2) is 12.4 Å². The van der Waals surface area contributed by atoms with Crippen molar-refractivity contribution in [3.05, 3.63) is 18.0 Å². The highest BCUT2D eigenvalue weighted by molar-refractivity contribution is 5.94. The van der Waals surface area contributed by atoms with Gasteiger partial charge in [0.25, 0.3) is 5.91 Å². The van der Waals surface area contributed by atoms with E-state index in [0.29, 0.717) is 11.6 Å². The molecule has 1 aromatic rings. The predicted molar refractivity (Wildman–Crippen MR) is 56.6 cm³/mol. The average molecular weight is 208 g/mol. The molecule has 2 heterocycles. The average Bonchev–Trinajstić information content (AvgIpc) is 2.87. The Morgan fingerprint density at radius 1 is 1.80 bits per heavy atom. The normalized spacial score (nSPS) is 20.9. The van der Waals surface area contributed by atoms with Crippen molar-refractivity contribution in [3.8, 4) is 0 Å². The Balaban J connectivity index is 2.06. The van der Waals surface area contributed by atoms with Crippen LogP contribution in [0, 0.1) is 0 Å². The van der Waals surface area contributed by atoms with Crippen LogP contribution in [-0.2, 0) is 0 Å². The van der Waals surface area contributed by atoms with E-state index in [0.717, 1.165) is 25.9 Å². The topological polar surface area (TPSA) is 61.0 Å². The minimum Gasteiger partial charge on any atom is -0.334 e. The van der Waals surface area contributed by atoms with Crippen molar-refractivity contribution in [1.82, 2.24) is 20.4 Å². The standard InChI is InChI=1S/C10H16N4O/c1-11-7-9-3-2-4-14(9)10(15)8-5-12-13-6-8/h5-6,9,11H,2-4,7H2,1H3,(H,12,13). The van der Waals surface area contributed by atoms with Gasteiger partial charge in [0, 0.05) is 25.3 Å². The highest BCUT2D eigenvalue weighted by Gasteiger charge is 2.28. The van der Waals surface area contributed by atoms with Gasteiger partial charge in [0.1, 0.15) is 0 Å². The summed E-state index contributed by atoms with van der Waals surface area (Å²) in [4.78, 5) is 14.0. The molecule has 0 saturated carbocycles. The van der Waals surface area contributed by atoms with E-state index in [1.807, 2.05) is 11.9 Å². The van der Waals surface area contributed by atoms with Crippen LogP contribution in [0.2, 0.25) is 0 Å². The molecule has 2 rings (SSSR count). The Morgan fingerprint density at radius 2 is 2.67 bits per heavy atom. The van der Waals surface area contributed by atoms with E-state index in [4.69, 9.17) is 0 Å². The van der Waals surface area contributed by atoms with E-state index in [1.165, 1.54) is 0 Å². The van der Waals surface area contributed by atoms with Crippen molar-refractivity contribution in [2.75, 3.05) is 20.1 Å². The van der Waals surface area contributed by atoms with Gasteiger partial charge in [-0.3, -0.25) is 9.89 Å². The summed E-state index contributed by atoms with van der Waals surface area (Å²) in [6.45, 7) is 1.72. The highest BCUT2D eigenvalue weighted by atomic mass is 16.2. The third-order valence-corrected chi connectivity index (χ3v) is 2.82. The maximum absolute atomic E-state index is 12.0. The smallest absolute Gasteiger partial charge is 0.257 e. The van der Waals surface area contributed by atoms with Gasteiger partial charge in [-0.05, 0) is 19.9 Å². The molecule has 0 spiro atoms. The maximum Gasteiger partial charge on any atom is 0.257 e. The number of H-pyrrole nitrogens is 1. The first kappa shape index (κ1) is 10.2. The number of rotatable bonds is 3. The molecular weight excluding hydrogens is 192 g/mol. The number of likely N-dealkylation sites (tertiary alicyclic amines) is 1. The molecule has 0 bridgehead atoms. The molecule has 0 aromatic carbocycles. The fourth-order valence-corrected chi connectivity index (χ4v) is 2.08. The zero-order chi connectivity index (χ0) is 10.7. The Bertz CT molecular complexity index is 322. The summed E-state index contributed by atoms with van der Waals surface area (Å²) in [6, 6.07) is 0.331. The van der Waals surface area contributed by atoms with Crippen molar-refractivity contribution in [2.45, 2.75) is 18.9 Å². The second-order valence-electron chi connectivity index (χ2n) is 3.84. The molecule has 2 N–H and O–H groups in total. The summed E-state index contributed by atoms with van der Waals surface area (Å²) in [5.41, 5.74) is 0.651. The van der Waals surface area contributed by atoms with Crippen LogP contribution >= 0.6 is 0 Å². The molecule has 1 unspecified atom stereocenters. The van der Waals surface area contributed by atoms with Gasteiger partial charge in [0.2, 0.25) is 0 Å². The number of nitrogens with one attached hydrogen (secondary N) is 2. The molecule has 1 aliphatic rings. The number of nitrogens with zero attached hydrogens (tertiary/aromatic N) is 2. The lowest BCUT2D eigenvalue weighted by atomic mass is 10.2. The number of hydrogen-bond donors (Lipinski definition) is 2. The Hall–Kier alpha value is -1.36. The fourth-order valence-electron chi connectivity index (χ4n) is 2.08. The lowest BCUT2D eigenvalue weighted by Crippen LogP contribution is -2.40. The molecule has 1 saturated heterocycles. The van der Waals surface area contributed by atoms with Gasteiger partial charge < -0.3 is 10.2 Å². The number of carbonyl (C=O) groups excluding carboxylic acids is 1. The summed E-state index contributed by atoms with van der Waals surface area (Å²) >= 11 is 0. The molecule has 1 aromatic heterocycles. The monoisotopic (exact) mass is 208 g/mol. The number of aromatic amines is 1. The molecule has 0 radical (unpaired) electrons. The summed E-state index contributed by atoms with van der Waals surface area (Å²) in [5.74, 6) is 0.0847. The molecule has 1 aliphatic heterocycles. The zero-order valence-electron chi connectivity index (χ0n) is 8.86. The fraction of sp³-hybridized carbons (Fsp3) is 0.600. The van der Waals surface area contributed by atoms with Gasteiger partial charge in [-0.2, -0.15) is 5.10 Å². The molecule has 1 atom stereocenters. The number of carbonyl (C=O) groups is 1. The SMILES string of the molecule is CNCC1CCCN1C(=O)c1cn[nH]c1. The first-order chi connectivity index (χ1) is 7.33. The van der Waals surface area contributed by atoms with Crippen molar-refractivity contribution in [2.24, 2.45) is 0 Å². The summed E-state index contributed by atoms with van der Waals surface area (Å²) < 4.78 is 0. The van der Waals surface area contributed by atoms with Crippen LogP contribution in [0.1, 0.15) is 23.2 Å². The molecular formula is C10H16N4O. The van der Waals surface area contributed by atoms with Gasteiger partial charge in [-0.25, -0.2) is 0 Å². The summed E-state index contributed by atoms with van der Waals surface area (Å²) in [6.07, 6.45) is 5.41. The van der Waals surface area contributed by atoms with E-state index in [-0.39, 0.29) is 5.91 Å². The van der Waals surface area contributed by atoms with Crippen molar-refractivity contribution < 1.29 is 4.79 Å². The number of amides is 1. The molecule has 5 heteroatoms. The second kappa shape index (κ2) is 4.44. The van der Waals surface area contributed by atoms with Crippen LogP contribution in [0.25, 0.3) is 0 Å². The van der Waals surface area contributed by atoms with Crippen molar-refractivity contribution >= 4 is 5.91 Å². The zero-order valence-corrected chi connectivity index (χ0v) is 8.86. The van der Waals surface area contributed by atoms with Crippen LogP contribution in [0.3, 0.4) is 0 Å². The third-order valence-electron chi connectivity index (χ3n) is 2.82. The number of likely N-dealkylation sites (N-methyl/N-ethyl adjacent to an activating group) is 1. The maximum atomic E-state index is 12.0. The van der Waals surface area contributed by atoms with Gasteiger partial charge >= 0.3 is 0 Å². The lowest BCUT2D eigenvalue weighted by Gasteiger charge is -2.23. The quantitative estimate of drug-likeness (QED) is 0.747. The molecule has 1 fully saturated rings. The van der Waals surface area contributed by atoms with Crippen LogP contribution < -0.4 is 5.32 Å². The minimum atomic E-state index is 0.0847. The highest BCUT2D eigenvalue weighted by Crippen LogP contribution is 2.18. The van der Waals surface area contributed by atoms with Crippen LogP contribution in [0.4, 0.5) is 0 Å². The number of hydrogen-bond acceptors (Lipinski definition) is 3. The second-order valence-corrected chi connectivity index (χ2v) is 3.84. The van der Waals surface area contributed by atoms with Crippen molar-refractivity contribution in [1.29, 1.82) is 0 Å². The van der Waals surface area contributed by atoms with E-state index in [2.05, 4.69) is 15.5 Å².